The Labute approximate surface area is 145 Å². The summed E-state index contributed by atoms with van der Waals surface area (Å²) in [6.07, 6.45) is 3.66. The fraction of sp³-hybridized carbons (Fsp3) is 0.111. The van der Waals surface area contributed by atoms with Crippen LogP contribution in [0, 0.1) is 0 Å². The van der Waals surface area contributed by atoms with E-state index >= 15 is 0 Å². The zero-order valence-electron chi connectivity index (χ0n) is 13.2. The molecule has 0 spiro atoms. The van der Waals surface area contributed by atoms with Crippen LogP contribution in [0.5, 0.6) is 5.75 Å². The summed E-state index contributed by atoms with van der Waals surface area (Å²) in [5.74, 6) is 0.833. The number of rotatable bonds is 5. The third-order valence-corrected chi connectivity index (χ3v) is 3.61. The average Bonchev–Trinajstić information content (AvgIpc) is 3.00. The highest BCUT2D eigenvalue weighted by molar-refractivity contribution is 7.80. The summed E-state index contributed by atoms with van der Waals surface area (Å²) in [7, 11) is 0. The standard InChI is InChI=1S/C18H18N4OS/c1-2-23-15-9-7-14(8-10-15)21-18(24)22-20-12-13-11-19-17-6-4-3-5-16(13)17/h3-12,19H,2H2,1H3,(H2,21,22,24). The summed E-state index contributed by atoms with van der Waals surface area (Å²) in [4.78, 5) is 3.20. The number of hydrazone groups is 1. The number of hydrogen-bond donors (Lipinski definition) is 3. The van der Waals surface area contributed by atoms with Crippen molar-refractivity contribution in [1.82, 2.24) is 10.4 Å². The molecule has 1 heterocycles. The van der Waals surface area contributed by atoms with Crippen molar-refractivity contribution in [2.75, 3.05) is 11.9 Å². The number of hydrogen-bond acceptors (Lipinski definition) is 3. The van der Waals surface area contributed by atoms with Gasteiger partial charge in [-0.2, -0.15) is 5.10 Å². The van der Waals surface area contributed by atoms with Gasteiger partial charge in [-0.05, 0) is 49.5 Å². The molecule has 0 saturated heterocycles. The molecule has 122 valence electrons. The molecule has 24 heavy (non-hydrogen) atoms. The minimum atomic E-state index is 0.426. The normalized spacial score (nSPS) is 10.9. The molecule has 1 aromatic heterocycles. The number of H-pyrrole nitrogens is 1. The van der Waals surface area contributed by atoms with Crippen molar-refractivity contribution < 1.29 is 4.74 Å². The molecule has 0 aliphatic rings. The molecule has 0 atom stereocenters. The number of nitrogens with one attached hydrogen (secondary N) is 3. The molecule has 0 aliphatic heterocycles. The van der Waals surface area contributed by atoms with E-state index in [9.17, 15) is 0 Å². The van der Waals surface area contributed by atoms with Crippen molar-refractivity contribution in [2.24, 2.45) is 5.10 Å². The van der Waals surface area contributed by atoms with Gasteiger partial charge in [-0.25, -0.2) is 0 Å². The van der Waals surface area contributed by atoms with Crippen LogP contribution >= 0.6 is 12.2 Å². The second-order valence-corrected chi connectivity index (χ2v) is 5.48. The molecule has 0 bridgehead atoms. The zero-order chi connectivity index (χ0) is 16.8. The van der Waals surface area contributed by atoms with Crippen molar-refractivity contribution in [3.63, 3.8) is 0 Å². The number of thiocarbonyl (C=S) groups is 1. The lowest BCUT2D eigenvalue weighted by molar-refractivity contribution is 0.340. The van der Waals surface area contributed by atoms with Gasteiger partial charge in [-0.3, -0.25) is 5.43 Å². The summed E-state index contributed by atoms with van der Waals surface area (Å²) in [5, 5.41) is 8.80. The predicted molar refractivity (Wildman–Crippen MR) is 103 cm³/mol. The second-order valence-electron chi connectivity index (χ2n) is 5.07. The average molecular weight is 338 g/mol. The van der Waals surface area contributed by atoms with Crippen LogP contribution in [-0.2, 0) is 0 Å². The van der Waals surface area contributed by atoms with Gasteiger partial charge in [0.2, 0.25) is 0 Å². The Morgan fingerprint density at radius 3 is 2.79 bits per heavy atom. The number of aromatic amines is 1. The van der Waals surface area contributed by atoms with Crippen LogP contribution in [0.1, 0.15) is 12.5 Å². The minimum Gasteiger partial charge on any atom is -0.494 e. The van der Waals surface area contributed by atoms with E-state index in [1.54, 1.807) is 6.21 Å². The van der Waals surface area contributed by atoms with Gasteiger partial charge in [0.25, 0.3) is 0 Å². The Bertz CT molecular complexity index is 855. The van der Waals surface area contributed by atoms with E-state index in [0.29, 0.717) is 11.7 Å². The van der Waals surface area contributed by atoms with Gasteiger partial charge >= 0.3 is 0 Å². The van der Waals surface area contributed by atoms with Gasteiger partial charge in [0.1, 0.15) is 5.75 Å². The molecule has 0 saturated carbocycles. The second kappa shape index (κ2) is 7.61. The maximum Gasteiger partial charge on any atom is 0.191 e. The van der Waals surface area contributed by atoms with Gasteiger partial charge < -0.3 is 15.0 Å². The smallest absolute Gasteiger partial charge is 0.191 e. The van der Waals surface area contributed by atoms with Gasteiger partial charge in [0.05, 0.1) is 12.8 Å². The van der Waals surface area contributed by atoms with Crippen LogP contribution < -0.4 is 15.5 Å². The number of nitrogens with zero attached hydrogens (tertiary/aromatic N) is 1. The van der Waals surface area contributed by atoms with Crippen molar-refractivity contribution in [1.29, 1.82) is 0 Å². The van der Waals surface area contributed by atoms with Crippen molar-refractivity contribution in [3.8, 4) is 5.75 Å². The highest BCUT2D eigenvalue weighted by Crippen LogP contribution is 2.16. The predicted octanol–water partition coefficient (Wildman–Crippen LogP) is 3.89. The number of fused-ring (bicyclic) bond motifs is 1. The third-order valence-electron chi connectivity index (χ3n) is 3.41. The van der Waals surface area contributed by atoms with E-state index in [4.69, 9.17) is 17.0 Å². The van der Waals surface area contributed by atoms with E-state index in [1.807, 2.05) is 61.7 Å². The van der Waals surface area contributed by atoms with Crippen LogP contribution in [0.3, 0.4) is 0 Å². The monoisotopic (exact) mass is 338 g/mol. The number of anilines is 1. The first-order valence-electron chi connectivity index (χ1n) is 7.65. The quantitative estimate of drug-likeness (QED) is 0.375. The molecule has 3 N–H and O–H groups in total. The molecule has 0 fully saturated rings. The zero-order valence-corrected chi connectivity index (χ0v) is 14.1. The SMILES string of the molecule is CCOc1ccc(NC(=S)NN=Cc2c[nH]c3ccccc23)cc1. The molecule has 0 aliphatic carbocycles. The summed E-state index contributed by atoms with van der Waals surface area (Å²) in [5.41, 5.74) is 5.77. The first kappa shape index (κ1) is 16.0. The Hall–Kier alpha value is -2.86. The summed E-state index contributed by atoms with van der Waals surface area (Å²) in [6, 6.07) is 15.7. The molecule has 6 heteroatoms. The van der Waals surface area contributed by atoms with E-state index in [-0.39, 0.29) is 0 Å². The van der Waals surface area contributed by atoms with Crippen LogP contribution in [0.4, 0.5) is 5.69 Å². The molecule has 3 aromatic rings. The van der Waals surface area contributed by atoms with Gasteiger partial charge in [0.15, 0.2) is 5.11 Å². The number of para-hydroxylation sites is 1. The summed E-state index contributed by atoms with van der Waals surface area (Å²) >= 11 is 5.24. The maximum atomic E-state index is 5.40. The topological polar surface area (TPSA) is 61.4 Å². The van der Waals surface area contributed by atoms with Crippen molar-refractivity contribution in [3.05, 3.63) is 60.3 Å². The maximum absolute atomic E-state index is 5.40. The fourth-order valence-corrected chi connectivity index (χ4v) is 2.49. The van der Waals surface area contributed by atoms with Crippen LogP contribution in [0.15, 0.2) is 59.8 Å². The lowest BCUT2D eigenvalue weighted by Gasteiger charge is -2.08. The lowest BCUT2D eigenvalue weighted by atomic mass is 10.2. The summed E-state index contributed by atoms with van der Waals surface area (Å²) in [6.45, 7) is 2.60. The number of benzene rings is 2. The summed E-state index contributed by atoms with van der Waals surface area (Å²) < 4.78 is 5.40. The molecule has 5 nitrogen and oxygen atoms in total. The molecule has 0 amide bonds. The minimum absolute atomic E-state index is 0.426. The van der Waals surface area contributed by atoms with E-state index in [2.05, 4.69) is 20.8 Å². The van der Waals surface area contributed by atoms with Crippen LogP contribution in [0.2, 0.25) is 0 Å². The Morgan fingerprint density at radius 1 is 1.21 bits per heavy atom. The Balaban J connectivity index is 1.57. The van der Waals surface area contributed by atoms with Gasteiger partial charge in [0, 0.05) is 28.4 Å². The van der Waals surface area contributed by atoms with Gasteiger partial charge in [-0.1, -0.05) is 18.2 Å². The van der Waals surface area contributed by atoms with Crippen LogP contribution in [0.25, 0.3) is 10.9 Å². The molecular formula is C18H18N4OS. The molecule has 0 radical (unpaired) electrons. The molecular weight excluding hydrogens is 320 g/mol. The Kier molecular flexibility index (Phi) is 5.08. The van der Waals surface area contributed by atoms with Gasteiger partial charge in [-0.15, -0.1) is 0 Å². The van der Waals surface area contributed by atoms with E-state index < -0.39 is 0 Å². The molecule has 3 rings (SSSR count). The van der Waals surface area contributed by atoms with Crippen LogP contribution in [-0.4, -0.2) is 22.9 Å². The fourth-order valence-electron chi connectivity index (χ4n) is 2.32. The van der Waals surface area contributed by atoms with E-state index in [0.717, 1.165) is 27.9 Å². The third kappa shape index (κ3) is 3.91. The lowest BCUT2D eigenvalue weighted by Crippen LogP contribution is -2.23. The van der Waals surface area contributed by atoms with Crippen molar-refractivity contribution >= 4 is 40.1 Å². The molecule has 0 unspecified atom stereocenters. The number of ether oxygens (including phenoxy) is 1. The molecule has 2 aromatic carbocycles. The first-order valence-corrected chi connectivity index (χ1v) is 8.06. The highest BCUT2D eigenvalue weighted by Gasteiger charge is 2.00. The number of aromatic nitrogens is 1. The van der Waals surface area contributed by atoms with E-state index in [1.165, 1.54) is 0 Å². The highest BCUT2D eigenvalue weighted by atomic mass is 32.1. The Morgan fingerprint density at radius 2 is 2.00 bits per heavy atom. The van der Waals surface area contributed by atoms with Crippen molar-refractivity contribution in [2.45, 2.75) is 6.92 Å². The first-order chi connectivity index (χ1) is 11.8. The largest absolute Gasteiger partial charge is 0.494 e.